The Morgan fingerprint density at radius 3 is 2.75 bits per heavy atom. The average molecular weight is 502 g/mol. The summed E-state index contributed by atoms with van der Waals surface area (Å²) in [5.41, 5.74) is 3.24. The predicted octanol–water partition coefficient (Wildman–Crippen LogP) is 3.78. The maximum Gasteiger partial charge on any atom is 0.266 e. The largest absolute Gasteiger partial charge is 0.495 e. The van der Waals surface area contributed by atoms with Crippen molar-refractivity contribution >= 4 is 39.8 Å². The van der Waals surface area contributed by atoms with Crippen LogP contribution in [-0.4, -0.2) is 47.8 Å². The number of aryl methyl sites for hydroxylation is 1. The van der Waals surface area contributed by atoms with Crippen LogP contribution in [0.2, 0.25) is 5.02 Å². The first-order valence-electron chi connectivity index (χ1n) is 11.5. The smallest absolute Gasteiger partial charge is 0.266 e. The summed E-state index contributed by atoms with van der Waals surface area (Å²) in [6.07, 6.45) is 2.91. The fourth-order valence-electron chi connectivity index (χ4n) is 4.41. The van der Waals surface area contributed by atoms with Crippen LogP contribution in [0.4, 0.5) is 17.3 Å². The van der Waals surface area contributed by atoms with Crippen LogP contribution < -0.4 is 25.8 Å². The summed E-state index contributed by atoms with van der Waals surface area (Å²) < 4.78 is 7.02. The fraction of sp³-hybridized carbons (Fsp3) is 0.231. The second-order valence-corrected chi connectivity index (χ2v) is 8.85. The van der Waals surface area contributed by atoms with Crippen LogP contribution in [0.1, 0.15) is 11.1 Å². The van der Waals surface area contributed by atoms with Gasteiger partial charge in [-0.2, -0.15) is 5.26 Å². The zero-order valence-electron chi connectivity index (χ0n) is 19.9. The van der Waals surface area contributed by atoms with Gasteiger partial charge >= 0.3 is 0 Å². The lowest BCUT2D eigenvalue weighted by molar-refractivity contribution is 0.413. The molecule has 5 rings (SSSR count). The molecule has 0 amide bonds. The SMILES string of the molecule is COc1cc(Nc2ncc3c(=O)n(-c4c(C)cccc4Cl)cc(C#N)c3n2)ccc1N1CCNCC1. The number of hydrogen-bond donors (Lipinski definition) is 2. The summed E-state index contributed by atoms with van der Waals surface area (Å²) in [6, 6.07) is 13.3. The van der Waals surface area contributed by atoms with E-state index < -0.39 is 0 Å². The molecule has 0 aliphatic carbocycles. The van der Waals surface area contributed by atoms with E-state index in [0.717, 1.165) is 48.9 Å². The van der Waals surface area contributed by atoms with Crippen LogP contribution in [0.5, 0.6) is 5.75 Å². The number of hydrogen-bond acceptors (Lipinski definition) is 8. The van der Waals surface area contributed by atoms with Crippen LogP contribution in [0.3, 0.4) is 0 Å². The molecule has 0 spiro atoms. The number of halogens is 1. The van der Waals surface area contributed by atoms with Crippen molar-refractivity contribution in [1.82, 2.24) is 19.9 Å². The van der Waals surface area contributed by atoms with E-state index in [2.05, 4.69) is 31.6 Å². The monoisotopic (exact) mass is 501 g/mol. The van der Waals surface area contributed by atoms with E-state index >= 15 is 0 Å². The van der Waals surface area contributed by atoms with Crippen LogP contribution >= 0.6 is 11.6 Å². The van der Waals surface area contributed by atoms with Crippen molar-refractivity contribution in [2.75, 3.05) is 43.5 Å². The fourth-order valence-corrected chi connectivity index (χ4v) is 4.72. The van der Waals surface area contributed by atoms with Gasteiger partial charge < -0.3 is 20.3 Å². The Labute approximate surface area is 212 Å². The van der Waals surface area contributed by atoms with Crippen molar-refractivity contribution < 1.29 is 4.74 Å². The molecule has 0 unspecified atom stereocenters. The molecule has 2 aromatic heterocycles. The number of nitriles is 1. The van der Waals surface area contributed by atoms with E-state index in [0.29, 0.717) is 10.7 Å². The van der Waals surface area contributed by atoms with E-state index in [1.807, 2.05) is 37.3 Å². The Hall–Kier alpha value is -4.13. The number of nitrogens with one attached hydrogen (secondary N) is 2. The van der Waals surface area contributed by atoms with Gasteiger partial charge in [0.15, 0.2) is 0 Å². The molecule has 0 saturated carbocycles. The molecule has 36 heavy (non-hydrogen) atoms. The molecule has 9 nitrogen and oxygen atoms in total. The van der Waals surface area contributed by atoms with Crippen molar-refractivity contribution in [3.8, 4) is 17.5 Å². The quantitative estimate of drug-likeness (QED) is 0.425. The number of rotatable bonds is 5. The first kappa shape index (κ1) is 23.6. The topological polar surface area (TPSA) is 108 Å². The molecule has 2 N–H and O–H groups in total. The standard InChI is InChI=1S/C26H24ClN7O2/c1-16-4-3-5-20(27)24(16)34-15-17(13-28)23-19(25(34)35)14-30-26(32-23)31-18-6-7-21(22(12-18)36-2)33-10-8-29-9-11-33/h3-7,12,14-15,29H,8-11H2,1-2H3,(H,30,31,32). The second kappa shape index (κ2) is 9.85. The van der Waals surface area contributed by atoms with E-state index in [1.54, 1.807) is 13.2 Å². The Morgan fingerprint density at radius 1 is 1.22 bits per heavy atom. The van der Waals surface area contributed by atoms with Gasteiger partial charge in [0.1, 0.15) is 17.3 Å². The second-order valence-electron chi connectivity index (χ2n) is 8.44. The summed E-state index contributed by atoms with van der Waals surface area (Å²) in [4.78, 5) is 24.4. The Balaban J connectivity index is 1.52. The highest BCUT2D eigenvalue weighted by Gasteiger charge is 2.18. The number of piperazine rings is 1. The number of ether oxygens (including phenoxy) is 1. The highest BCUT2D eigenvalue weighted by molar-refractivity contribution is 6.32. The molecule has 1 aliphatic rings. The molecule has 0 radical (unpaired) electrons. The van der Waals surface area contributed by atoms with Gasteiger partial charge in [-0.15, -0.1) is 0 Å². The summed E-state index contributed by atoms with van der Waals surface area (Å²) in [5.74, 6) is 1.00. The molecule has 1 aliphatic heterocycles. The van der Waals surface area contributed by atoms with Gasteiger partial charge in [0.05, 0.1) is 34.5 Å². The maximum absolute atomic E-state index is 13.3. The van der Waals surface area contributed by atoms with Gasteiger partial charge in [-0.05, 0) is 30.7 Å². The lowest BCUT2D eigenvalue weighted by Crippen LogP contribution is -2.43. The molecule has 1 saturated heterocycles. The minimum Gasteiger partial charge on any atom is -0.495 e. The van der Waals surface area contributed by atoms with E-state index in [-0.39, 0.29) is 28.0 Å². The van der Waals surface area contributed by atoms with E-state index in [1.165, 1.54) is 17.0 Å². The first-order chi connectivity index (χ1) is 17.5. The molecule has 10 heteroatoms. The molecule has 182 valence electrons. The third-order valence-corrected chi connectivity index (χ3v) is 6.50. The Kier molecular flexibility index (Phi) is 6.46. The minimum atomic E-state index is -0.353. The van der Waals surface area contributed by atoms with Crippen LogP contribution in [-0.2, 0) is 0 Å². The van der Waals surface area contributed by atoms with Gasteiger partial charge in [0.25, 0.3) is 5.56 Å². The van der Waals surface area contributed by atoms with E-state index in [4.69, 9.17) is 16.3 Å². The number of benzene rings is 2. The highest BCUT2D eigenvalue weighted by atomic mass is 35.5. The van der Waals surface area contributed by atoms with Crippen molar-refractivity contribution in [3.63, 3.8) is 0 Å². The molecule has 0 bridgehead atoms. The molecule has 0 atom stereocenters. The number of fused-ring (bicyclic) bond motifs is 1. The van der Waals surface area contributed by atoms with Crippen molar-refractivity contribution in [2.24, 2.45) is 0 Å². The minimum absolute atomic E-state index is 0.227. The number of para-hydroxylation sites is 1. The molecule has 2 aromatic carbocycles. The van der Waals surface area contributed by atoms with Gasteiger partial charge in [0, 0.05) is 50.3 Å². The van der Waals surface area contributed by atoms with Gasteiger partial charge in [0.2, 0.25) is 5.95 Å². The van der Waals surface area contributed by atoms with Crippen LogP contribution in [0.15, 0.2) is 53.6 Å². The van der Waals surface area contributed by atoms with Crippen molar-refractivity contribution in [2.45, 2.75) is 6.92 Å². The molecule has 4 aromatic rings. The lowest BCUT2D eigenvalue weighted by Gasteiger charge is -2.30. The van der Waals surface area contributed by atoms with Gasteiger partial charge in [-0.3, -0.25) is 9.36 Å². The third kappa shape index (κ3) is 4.33. The summed E-state index contributed by atoms with van der Waals surface area (Å²) >= 11 is 6.38. The van der Waals surface area contributed by atoms with Crippen molar-refractivity contribution in [1.29, 1.82) is 5.26 Å². The number of methoxy groups -OCH3 is 1. The van der Waals surface area contributed by atoms with E-state index in [9.17, 15) is 10.1 Å². The summed E-state index contributed by atoms with van der Waals surface area (Å²) in [7, 11) is 1.64. The highest BCUT2D eigenvalue weighted by Crippen LogP contribution is 2.32. The molecule has 1 fully saturated rings. The summed E-state index contributed by atoms with van der Waals surface area (Å²) in [5, 5.41) is 17.0. The number of aromatic nitrogens is 3. The first-order valence-corrected chi connectivity index (χ1v) is 11.9. The number of anilines is 3. The molecule has 3 heterocycles. The maximum atomic E-state index is 13.3. The zero-order valence-corrected chi connectivity index (χ0v) is 20.6. The van der Waals surface area contributed by atoms with Crippen LogP contribution in [0.25, 0.3) is 16.6 Å². The van der Waals surface area contributed by atoms with Gasteiger partial charge in [-0.25, -0.2) is 9.97 Å². The predicted molar refractivity (Wildman–Crippen MR) is 141 cm³/mol. The average Bonchev–Trinajstić information content (AvgIpc) is 2.90. The third-order valence-electron chi connectivity index (χ3n) is 6.19. The number of pyridine rings is 1. The number of nitrogens with zero attached hydrogens (tertiary/aromatic N) is 5. The zero-order chi connectivity index (χ0) is 25.2. The summed E-state index contributed by atoms with van der Waals surface area (Å²) in [6.45, 7) is 5.51. The van der Waals surface area contributed by atoms with Crippen LogP contribution in [0, 0.1) is 18.3 Å². The lowest BCUT2D eigenvalue weighted by atomic mass is 10.1. The Bertz CT molecular complexity index is 1530. The van der Waals surface area contributed by atoms with Crippen molar-refractivity contribution in [3.05, 3.63) is 75.3 Å². The normalized spacial score (nSPS) is 13.4. The van der Waals surface area contributed by atoms with Gasteiger partial charge in [-0.1, -0.05) is 23.7 Å². The Morgan fingerprint density at radius 2 is 2.03 bits per heavy atom. The molecular weight excluding hydrogens is 478 g/mol. The molecular formula is C26H24ClN7O2.